The maximum Gasteiger partial charge on any atom is 0.355 e. The highest BCUT2D eigenvalue weighted by Crippen LogP contribution is 2.28. The number of carbonyl (C=O) groups is 1. The summed E-state index contributed by atoms with van der Waals surface area (Å²) in [6, 6.07) is 24.3. The summed E-state index contributed by atoms with van der Waals surface area (Å²) in [5, 5.41) is 10.1. The number of aryl methyl sites for hydroxylation is 1. The first-order chi connectivity index (χ1) is 17.2. The first-order valence-corrected chi connectivity index (χ1v) is 13.0. The largest absolute Gasteiger partial charge is 0.378 e. The van der Waals surface area contributed by atoms with E-state index in [1.807, 2.05) is 44.2 Å². The fourth-order valence-electron chi connectivity index (χ4n) is 3.30. The molecule has 0 saturated carbocycles. The van der Waals surface area contributed by atoms with Crippen LogP contribution in [0.1, 0.15) is 44.7 Å². The Hall–Kier alpha value is -3.46. The van der Waals surface area contributed by atoms with Crippen LogP contribution in [0.4, 0.5) is 0 Å². The summed E-state index contributed by atoms with van der Waals surface area (Å²) in [4.78, 5) is 22.6. The third kappa shape index (κ3) is 8.64. The molecule has 5 heteroatoms. The molecule has 3 aromatic rings. The van der Waals surface area contributed by atoms with Crippen LogP contribution in [0.25, 0.3) is 16.7 Å². The topological polar surface area (TPSA) is 55.8 Å². The Morgan fingerprint density at radius 1 is 1.03 bits per heavy atom. The van der Waals surface area contributed by atoms with Crippen molar-refractivity contribution >= 4 is 23.3 Å². The van der Waals surface area contributed by atoms with E-state index in [4.69, 9.17) is 9.78 Å². The lowest BCUT2D eigenvalue weighted by molar-refractivity contribution is -0.214. The van der Waals surface area contributed by atoms with E-state index in [9.17, 15) is 9.90 Å². The zero-order valence-corrected chi connectivity index (χ0v) is 22.0. The van der Waals surface area contributed by atoms with Crippen molar-refractivity contribution in [1.29, 1.82) is 0 Å². The van der Waals surface area contributed by atoms with Crippen LogP contribution in [0.5, 0.6) is 5.75 Å². The molecule has 0 aliphatic heterocycles. The van der Waals surface area contributed by atoms with Crippen LogP contribution in [-0.2, 0) is 9.68 Å². The summed E-state index contributed by atoms with van der Waals surface area (Å²) in [7, 11) is 0. The van der Waals surface area contributed by atoms with E-state index in [1.54, 1.807) is 31.7 Å². The van der Waals surface area contributed by atoms with E-state index in [2.05, 4.69) is 54.3 Å². The highest BCUT2D eigenvalue weighted by atomic mass is 32.2. The molecule has 0 unspecified atom stereocenters. The number of carbonyl (C=O) groups excluding carboxylic acids is 1. The molecule has 1 N–H and O–H groups in total. The van der Waals surface area contributed by atoms with Crippen molar-refractivity contribution in [3.05, 3.63) is 90.0 Å². The van der Waals surface area contributed by atoms with Gasteiger partial charge in [0.05, 0.1) is 0 Å². The molecule has 0 radical (unpaired) electrons. The van der Waals surface area contributed by atoms with E-state index < -0.39 is 5.60 Å². The molecule has 0 bridgehead atoms. The Morgan fingerprint density at radius 2 is 1.72 bits per heavy atom. The number of allylic oxidation sites excluding steroid dienone is 1. The van der Waals surface area contributed by atoms with Crippen molar-refractivity contribution in [2.45, 2.75) is 51.0 Å². The summed E-state index contributed by atoms with van der Waals surface area (Å²) in [6.45, 7) is 7.18. The molecule has 0 fully saturated rings. The summed E-state index contributed by atoms with van der Waals surface area (Å²) in [5.41, 5.74) is 3.97. The number of benzene rings is 3. The fourth-order valence-corrected chi connectivity index (χ4v) is 4.16. The van der Waals surface area contributed by atoms with Gasteiger partial charge in [-0.1, -0.05) is 79.4 Å². The quantitative estimate of drug-likeness (QED) is 0.145. The van der Waals surface area contributed by atoms with Crippen molar-refractivity contribution in [2.75, 3.05) is 5.75 Å². The van der Waals surface area contributed by atoms with Gasteiger partial charge in [-0.3, -0.25) is 9.78 Å². The van der Waals surface area contributed by atoms with Crippen LogP contribution in [0.15, 0.2) is 83.8 Å². The molecule has 0 aliphatic carbocycles. The second-order valence-corrected chi connectivity index (χ2v) is 9.99. The third-order valence-corrected chi connectivity index (χ3v) is 6.09. The van der Waals surface area contributed by atoms with E-state index >= 15 is 0 Å². The molecule has 0 amide bonds. The highest BCUT2D eigenvalue weighted by Gasteiger charge is 2.09. The molecule has 0 atom stereocenters. The smallest absolute Gasteiger partial charge is 0.355 e. The normalized spacial score (nSPS) is 11.4. The minimum atomic E-state index is -1.08. The van der Waals surface area contributed by atoms with Gasteiger partial charge in [0.15, 0.2) is 5.75 Å². The second-order valence-electron chi connectivity index (χ2n) is 8.90. The van der Waals surface area contributed by atoms with E-state index in [0.717, 1.165) is 32.7 Å². The summed E-state index contributed by atoms with van der Waals surface area (Å²) in [5.74, 6) is 6.93. The number of aliphatic hydroxyl groups is 1. The average molecular weight is 501 g/mol. The van der Waals surface area contributed by atoms with Crippen LogP contribution in [0.3, 0.4) is 0 Å². The Balaban J connectivity index is 1.72. The summed E-state index contributed by atoms with van der Waals surface area (Å²) >= 11 is 1.66. The van der Waals surface area contributed by atoms with Gasteiger partial charge in [0.25, 0.3) is 0 Å². The van der Waals surface area contributed by atoms with E-state index in [0.29, 0.717) is 24.3 Å². The zero-order valence-electron chi connectivity index (χ0n) is 21.2. The molecule has 0 spiro atoms. The third-order valence-electron chi connectivity index (χ3n) is 5.17. The monoisotopic (exact) mass is 500 g/mol. The van der Waals surface area contributed by atoms with Gasteiger partial charge in [0.2, 0.25) is 0 Å². The van der Waals surface area contributed by atoms with E-state index in [1.165, 1.54) is 0 Å². The summed E-state index contributed by atoms with van der Waals surface area (Å²) in [6.07, 6.45) is 3.11. The maximum atomic E-state index is 11.5. The highest BCUT2D eigenvalue weighted by molar-refractivity contribution is 7.99. The van der Waals surface area contributed by atoms with Gasteiger partial charge < -0.3 is 5.11 Å². The Bertz CT molecular complexity index is 1240. The van der Waals surface area contributed by atoms with Gasteiger partial charge in [0, 0.05) is 22.6 Å². The SMILES string of the molecule is CCCC(=O)OOc1ccc(SCC=C(C#CC(C)(C)O)c2ccc(-c3ccccc3)cc2)cc1C. The number of hydrogen-bond acceptors (Lipinski definition) is 5. The molecule has 36 heavy (non-hydrogen) atoms. The van der Waals surface area contributed by atoms with Crippen molar-refractivity contribution in [3.8, 4) is 28.7 Å². The van der Waals surface area contributed by atoms with Crippen molar-refractivity contribution in [1.82, 2.24) is 0 Å². The van der Waals surface area contributed by atoms with Gasteiger partial charge in [-0.2, -0.15) is 0 Å². The molecule has 0 aromatic heterocycles. The first kappa shape index (κ1) is 27.1. The number of hydrogen-bond donors (Lipinski definition) is 1. The van der Waals surface area contributed by atoms with Gasteiger partial charge >= 0.3 is 5.97 Å². The molecule has 0 heterocycles. The molecular weight excluding hydrogens is 468 g/mol. The Morgan fingerprint density at radius 3 is 2.36 bits per heavy atom. The van der Waals surface area contributed by atoms with Crippen LogP contribution >= 0.6 is 11.8 Å². The molecule has 3 rings (SSSR count). The molecule has 4 nitrogen and oxygen atoms in total. The predicted octanol–water partition coefficient (Wildman–Crippen LogP) is 7.25. The lowest BCUT2D eigenvalue weighted by Gasteiger charge is -2.09. The Kier molecular flexibility index (Phi) is 9.81. The van der Waals surface area contributed by atoms with Crippen LogP contribution in [0, 0.1) is 18.8 Å². The van der Waals surface area contributed by atoms with Gasteiger partial charge in [-0.05, 0) is 67.6 Å². The van der Waals surface area contributed by atoms with Gasteiger partial charge in [-0.25, -0.2) is 4.79 Å². The average Bonchev–Trinajstić information content (AvgIpc) is 2.86. The molecule has 0 saturated heterocycles. The minimum absolute atomic E-state index is 0.326. The van der Waals surface area contributed by atoms with E-state index in [-0.39, 0.29) is 5.97 Å². The molecule has 3 aromatic carbocycles. The number of thioether (sulfide) groups is 1. The van der Waals surface area contributed by atoms with Crippen LogP contribution in [-0.4, -0.2) is 22.4 Å². The predicted molar refractivity (Wildman–Crippen MR) is 147 cm³/mol. The molecular formula is C31H32O4S. The summed E-state index contributed by atoms with van der Waals surface area (Å²) < 4.78 is 0. The first-order valence-electron chi connectivity index (χ1n) is 12.0. The van der Waals surface area contributed by atoms with Gasteiger partial charge in [-0.15, -0.1) is 11.8 Å². The maximum absolute atomic E-state index is 11.5. The number of rotatable bonds is 9. The van der Waals surface area contributed by atoms with Crippen LogP contribution < -0.4 is 4.89 Å². The van der Waals surface area contributed by atoms with Gasteiger partial charge in [0.1, 0.15) is 5.60 Å². The standard InChI is InChI=1S/C31H32O4S/c1-5-9-30(32)35-34-29-17-16-28(22-23(29)2)36-21-19-27(18-20-31(3,4)33)26-14-12-25(13-15-26)24-10-7-6-8-11-24/h6-8,10-17,19,22,33H,5,9,21H2,1-4H3. The van der Waals surface area contributed by atoms with Crippen molar-refractivity contribution < 1.29 is 19.7 Å². The minimum Gasteiger partial charge on any atom is -0.378 e. The van der Waals surface area contributed by atoms with Crippen molar-refractivity contribution in [3.63, 3.8) is 0 Å². The second kappa shape index (κ2) is 13.0. The van der Waals surface area contributed by atoms with Crippen molar-refractivity contribution in [2.24, 2.45) is 0 Å². The fraction of sp³-hybridized carbons (Fsp3) is 0.258. The lowest BCUT2D eigenvalue weighted by atomic mass is 10.00. The van der Waals surface area contributed by atoms with Crippen LogP contribution in [0.2, 0.25) is 0 Å². The molecule has 186 valence electrons. The Labute approximate surface area is 218 Å². The zero-order chi connectivity index (χ0) is 26.0. The molecule has 0 aliphatic rings. The lowest BCUT2D eigenvalue weighted by Crippen LogP contribution is -2.14.